The van der Waals surface area contributed by atoms with Crippen LogP contribution in [-0.2, 0) is 0 Å². The van der Waals surface area contributed by atoms with E-state index in [1.165, 1.54) is 7.11 Å². The molecule has 0 aliphatic heterocycles. The number of aldehydes is 1. The van der Waals surface area contributed by atoms with Crippen LogP contribution in [0.3, 0.4) is 0 Å². The van der Waals surface area contributed by atoms with E-state index in [1.54, 1.807) is 24.3 Å². The van der Waals surface area contributed by atoms with Gasteiger partial charge in [-0.05, 0) is 30.3 Å². The van der Waals surface area contributed by atoms with Crippen LogP contribution in [0.15, 0.2) is 54.6 Å². The molecule has 0 aliphatic rings. The molecule has 0 spiro atoms. The molecule has 2 aromatic carbocycles. The molecule has 0 atom stereocenters. The zero-order chi connectivity index (χ0) is 14.7. The number of hydrogen-bond donors (Lipinski definition) is 0. The maximum atomic E-state index is 10.8. The van der Waals surface area contributed by atoms with Crippen molar-refractivity contribution in [1.29, 1.82) is 0 Å². The van der Waals surface area contributed by atoms with Crippen molar-refractivity contribution in [3.63, 3.8) is 0 Å². The number of ether oxygens (including phenoxy) is 2. The van der Waals surface area contributed by atoms with E-state index in [-0.39, 0.29) is 0 Å². The van der Waals surface area contributed by atoms with E-state index in [0.717, 1.165) is 17.2 Å². The van der Waals surface area contributed by atoms with E-state index in [1.807, 2.05) is 30.3 Å². The molecule has 1 aromatic heterocycles. The predicted octanol–water partition coefficient (Wildman–Crippen LogP) is 3.85. The number of benzene rings is 2. The predicted molar refractivity (Wildman–Crippen MR) is 80.2 cm³/mol. The lowest BCUT2D eigenvalue weighted by atomic mass is 10.2. The fourth-order valence-electron chi connectivity index (χ4n) is 2.06. The molecule has 0 amide bonds. The van der Waals surface area contributed by atoms with E-state index in [0.29, 0.717) is 22.9 Å². The second kappa shape index (κ2) is 5.63. The Morgan fingerprint density at radius 3 is 2.67 bits per heavy atom. The molecule has 1 heterocycles. The first-order valence-electron chi connectivity index (χ1n) is 6.47. The fourth-order valence-corrected chi connectivity index (χ4v) is 2.06. The number of nitrogens with zero attached hydrogens (tertiary/aromatic N) is 1. The molecular formula is C17H13NO3. The summed E-state index contributed by atoms with van der Waals surface area (Å²) < 4.78 is 11.0. The highest BCUT2D eigenvalue weighted by Crippen LogP contribution is 2.31. The van der Waals surface area contributed by atoms with Crippen LogP contribution in [0.2, 0.25) is 0 Å². The van der Waals surface area contributed by atoms with Crippen molar-refractivity contribution in [1.82, 2.24) is 4.98 Å². The highest BCUT2D eigenvalue weighted by atomic mass is 16.5. The fraction of sp³-hybridized carbons (Fsp3) is 0.0588. The second-order valence-corrected chi connectivity index (χ2v) is 4.47. The number of methoxy groups -OCH3 is 1. The number of aromatic nitrogens is 1. The number of pyridine rings is 1. The van der Waals surface area contributed by atoms with Gasteiger partial charge in [-0.1, -0.05) is 18.2 Å². The van der Waals surface area contributed by atoms with Crippen LogP contribution in [0.5, 0.6) is 17.4 Å². The molecule has 0 aliphatic carbocycles. The molecule has 0 bridgehead atoms. The highest BCUT2D eigenvalue weighted by Gasteiger charge is 2.08. The van der Waals surface area contributed by atoms with Crippen LogP contribution in [-0.4, -0.2) is 18.4 Å². The number of para-hydroxylation sites is 1. The molecule has 3 rings (SSSR count). The summed E-state index contributed by atoms with van der Waals surface area (Å²) in [7, 11) is 1.53. The monoisotopic (exact) mass is 279 g/mol. The first-order chi connectivity index (χ1) is 10.3. The number of fused-ring (bicyclic) bond motifs is 1. The summed E-state index contributed by atoms with van der Waals surface area (Å²) in [5, 5.41) is 1.05. The number of rotatable bonds is 4. The van der Waals surface area contributed by atoms with Gasteiger partial charge in [-0.3, -0.25) is 4.79 Å². The molecule has 0 fully saturated rings. The molecule has 21 heavy (non-hydrogen) atoms. The normalized spacial score (nSPS) is 10.3. The maximum absolute atomic E-state index is 10.8. The Kier molecular flexibility index (Phi) is 3.51. The Balaban J connectivity index is 1.96. The summed E-state index contributed by atoms with van der Waals surface area (Å²) in [5.74, 6) is 1.49. The minimum atomic E-state index is 0.478. The third kappa shape index (κ3) is 2.69. The molecule has 3 aromatic rings. The topological polar surface area (TPSA) is 48.4 Å². The van der Waals surface area contributed by atoms with Crippen molar-refractivity contribution in [2.24, 2.45) is 0 Å². The average Bonchev–Trinajstić information content (AvgIpc) is 2.55. The van der Waals surface area contributed by atoms with Crippen molar-refractivity contribution in [3.8, 4) is 17.4 Å². The van der Waals surface area contributed by atoms with Crippen LogP contribution >= 0.6 is 0 Å². The molecule has 0 unspecified atom stereocenters. The summed E-state index contributed by atoms with van der Waals surface area (Å²) in [4.78, 5) is 15.2. The van der Waals surface area contributed by atoms with Crippen molar-refractivity contribution in [2.75, 3.05) is 7.11 Å². The minimum absolute atomic E-state index is 0.478. The Morgan fingerprint density at radius 2 is 1.86 bits per heavy atom. The van der Waals surface area contributed by atoms with Gasteiger partial charge in [0.05, 0.1) is 12.6 Å². The molecule has 104 valence electrons. The zero-order valence-corrected chi connectivity index (χ0v) is 11.4. The molecule has 0 radical (unpaired) electrons. The van der Waals surface area contributed by atoms with Gasteiger partial charge in [0.2, 0.25) is 5.88 Å². The van der Waals surface area contributed by atoms with E-state index in [2.05, 4.69) is 4.98 Å². The first kappa shape index (κ1) is 13.1. The minimum Gasteiger partial charge on any atom is -0.493 e. The van der Waals surface area contributed by atoms with Gasteiger partial charge in [0, 0.05) is 17.0 Å². The van der Waals surface area contributed by atoms with Gasteiger partial charge in [-0.25, -0.2) is 4.98 Å². The summed E-state index contributed by atoms with van der Waals surface area (Å²) >= 11 is 0. The quantitative estimate of drug-likeness (QED) is 0.681. The number of carbonyl (C=O) groups excluding carboxylic acids is 1. The molecule has 0 saturated heterocycles. The molecule has 0 saturated carbocycles. The van der Waals surface area contributed by atoms with Gasteiger partial charge >= 0.3 is 0 Å². The summed E-state index contributed by atoms with van der Waals surface area (Å²) in [6.45, 7) is 0. The highest BCUT2D eigenvalue weighted by molar-refractivity contribution is 5.79. The number of hydrogen-bond acceptors (Lipinski definition) is 4. The SMILES string of the molecule is COc1cc(C=O)ccc1Oc1ccc2ccccc2n1. The van der Waals surface area contributed by atoms with Gasteiger partial charge in [0.25, 0.3) is 0 Å². The van der Waals surface area contributed by atoms with Crippen molar-refractivity contribution < 1.29 is 14.3 Å². The van der Waals surface area contributed by atoms with Crippen molar-refractivity contribution in [3.05, 3.63) is 60.2 Å². The molecular weight excluding hydrogens is 266 g/mol. The smallest absolute Gasteiger partial charge is 0.219 e. The van der Waals surface area contributed by atoms with Crippen LogP contribution < -0.4 is 9.47 Å². The standard InChI is InChI=1S/C17H13NO3/c1-20-16-10-12(11-19)6-8-15(16)21-17-9-7-13-4-2-3-5-14(13)18-17/h2-11H,1H3. The van der Waals surface area contributed by atoms with Gasteiger partial charge in [-0.15, -0.1) is 0 Å². The molecule has 4 nitrogen and oxygen atoms in total. The summed E-state index contributed by atoms with van der Waals surface area (Å²) in [5.41, 5.74) is 1.39. The molecule has 0 N–H and O–H groups in total. The van der Waals surface area contributed by atoms with Gasteiger partial charge < -0.3 is 9.47 Å². The van der Waals surface area contributed by atoms with Crippen LogP contribution in [0.1, 0.15) is 10.4 Å². The Bertz CT molecular complexity index is 799. The van der Waals surface area contributed by atoms with Gasteiger partial charge in [-0.2, -0.15) is 0 Å². The first-order valence-corrected chi connectivity index (χ1v) is 6.47. The van der Waals surface area contributed by atoms with Crippen molar-refractivity contribution in [2.45, 2.75) is 0 Å². The van der Waals surface area contributed by atoms with E-state index in [4.69, 9.17) is 9.47 Å². The third-order valence-corrected chi connectivity index (χ3v) is 3.11. The Morgan fingerprint density at radius 1 is 1.00 bits per heavy atom. The van der Waals surface area contributed by atoms with E-state index >= 15 is 0 Å². The lowest BCUT2D eigenvalue weighted by molar-refractivity contribution is 0.112. The van der Waals surface area contributed by atoms with Gasteiger partial charge in [0.1, 0.15) is 6.29 Å². The maximum Gasteiger partial charge on any atom is 0.219 e. The summed E-state index contributed by atoms with van der Waals surface area (Å²) in [6.07, 6.45) is 0.764. The largest absolute Gasteiger partial charge is 0.493 e. The van der Waals surface area contributed by atoms with Gasteiger partial charge in [0.15, 0.2) is 11.5 Å². The van der Waals surface area contributed by atoms with Crippen LogP contribution in [0, 0.1) is 0 Å². The van der Waals surface area contributed by atoms with Crippen LogP contribution in [0.4, 0.5) is 0 Å². The number of carbonyl (C=O) groups is 1. The average molecular weight is 279 g/mol. The summed E-state index contributed by atoms with van der Waals surface area (Å²) in [6, 6.07) is 16.6. The second-order valence-electron chi connectivity index (χ2n) is 4.47. The van der Waals surface area contributed by atoms with E-state index < -0.39 is 0 Å². The van der Waals surface area contributed by atoms with E-state index in [9.17, 15) is 4.79 Å². The lowest BCUT2D eigenvalue weighted by Gasteiger charge is -2.10. The Labute approximate surface area is 122 Å². The Hall–Kier alpha value is -2.88. The lowest BCUT2D eigenvalue weighted by Crippen LogP contribution is -1.93. The van der Waals surface area contributed by atoms with Crippen molar-refractivity contribution >= 4 is 17.2 Å². The molecule has 4 heteroatoms. The van der Waals surface area contributed by atoms with Crippen LogP contribution in [0.25, 0.3) is 10.9 Å². The zero-order valence-electron chi connectivity index (χ0n) is 11.4. The third-order valence-electron chi connectivity index (χ3n) is 3.11.